The number of aromatic nitrogens is 1. The number of halogens is 3. The van der Waals surface area contributed by atoms with Crippen molar-refractivity contribution in [1.82, 2.24) is 4.98 Å². The Bertz CT molecular complexity index is 917. The molecule has 0 saturated heterocycles. The minimum atomic E-state index is -0.538. The van der Waals surface area contributed by atoms with Gasteiger partial charge in [0.15, 0.2) is 0 Å². The molecular weight excluding hydrogens is 366 g/mol. The van der Waals surface area contributed by atoms with Crippen LogP contribution in [0.3, 0.4) is 0 Å². The molecule has 3 nitrogen and oxygen atoms in total. The smallest absolute Gasteiger partial charge is 0.221 e. The second kappa shape index (κ2) is 5.77. The van der Waals surface area contributed by atoms with E-state index in [0.717, 1.165) is 16.8 Å². The van der Waals surface area contributed by atoms with Gasteiger partial charge >= 0.3 is 0 Å². The van der Waals surface area contributed by atoms with E-state index < -0.39 is 11.7 Å². The first kappa shape index (κ1) is 15.7. The second-order valence-electron chi connectivity index (χ2n) is 5.36. The first-order chi connectivity index (χ1) is 10.9. The maximum atomic E-state index is 14.1. The monoisotopic (exact) mass is 378 g/mol. The summed E-state index contributed by atoms with van der Waals surface area (Å²) in [5, 5.41) is 0.653. The van der Waals surface area contributed by atoms with Crippen molar-refractivity contribution >= 4 is 32.7 Å². The van der Waals surface area contributed by atoms with Crippen LogP contribution < -0.4 is 5.73 Å². The number of aryl methyl sites for hydroxylation is 1. The summed E-state index contributed by atoms with van der Waals surface area (Å²) in [7, 11) is 0. The highest BCUT2D eigenvalue weighted by Gasteiger charge is 2.19. The molecule has 0 unspecified atom stereocenters. The Kier molecular flexibility index (Phi) is 3.93. The van der Waals surface area contributed by atoms with Gasteiger partial charge in [-0.3, -0.25) is 4.79 Å². The molecule has 0 aliphatic rings. The summed E-state index contributed by atoms with van der Waals surface area (Å²) < 4.78 is 27.6. The number of carbonyl (C=O) groups is 1. The minimum Gasteiger partial charge on any atom is -0.369 e. The number of aromatic amines is 1. The zero-order chi connectivity index (χ0) is 16.7. The van der Waals surface area contributed by atoms with Crippen molar-refractivity contribution in [3.63, 3.8) is 0 Å². The molecule has 0 aliphatic carbocycles. The van der Waals surface area contributed by atoms with Crippen LogP contribution in [0.15, 0.2) is 34.8 Å². The number of primary amides is 1. The van der Waals surface area contributed by atoms with Crippen LogP contribution in [0.5, 0.6) is 0 Å². The van der Waals surface area contributed by atoms with E-state index in [1.54, 1.807) is 12.1 Å². The molecule has 2 aromatic carbocycles. The fourth-order valence-electron chi connectivity index (χ4n) is 2.75. The fourth-order valence-corrected chi connectivity index (χ4v) is 3.36. The number of hydrogen-bond acceptors (Lipinski definition) is 1. The van der Waals surface area contributed by atoms with E-state index in [2.05, 4.69) is 20.9 Å². The Morgan fingerprint density at radius 3 is 2.52 bits per heavy atom. The lowest BCUT2D eigenvalue weighted by atomic mass is 10.0. The van der Waals surface area contributed by atoms with Crippen LogP contribution in [0.2, 0.25) is 0 Å². The van der Waals surface area contributed by atoms with Crippen LogP contribution in [-0.2, 0) is 11.2 Å². The van der Waals surface area contributed by atoms with Gasteiger partial charge in [-0.05, 0) is 69.9 Å². The van der Waals surface area contributed by atoms with Crippen molar-refractivity contribution in [2.24, 2.45) is 5.73 Å². The zero-order valence-corrected chi connectivity index (χ0v) is 13.8. The quantitative estimate of drug-likeness (QED) is 0.704. The van der Waals surface area contributed by atoms with Crippen LogP contribution in [0.1, 0.15) is 11.1 Å². The van der Waals surface area contributed by atoms with Crippen LogP contribution in [0.4, 0.5) is 8.78 Å². The summed E-state index contributed by atoms with van der Waals surface area (Å²) in [6.07, 6.45) is -0.0660. The maximum absolute atomic E-state index is 14.1. The molecule has 6 heteroatoms. The molecule has 1 heterocycles. The first-order valence-corrected chi connectivity index (χ1v) is 7.71. The van der Waals surface area contributed by atoms with Gasteiger partial charge in [-0.25, -0.2) is 8.78 Å². The summed E-state index contributed by atoms with van der Waals surface area (Å²) in [5.41, 5.74) is 8.72. The molecule has 3 N–H and O–H groups in total. The van der Waals surface area contributed by atoms with Crippen molar-refractivity contribution in [3.8, 4) is 11.3 Å². The van der Waals surface area contributed by atoms with Gasteiger partial charge in [0.05, 0.1) is 16.4 Å². The number of nitrogens with one attached hydrogen (secondary N) is 1. The summed E-state index contributed by atoms with van der Waals surface area (Å²) in [6.45, 7) is 1.84. The molecule has 3 rings (SSSR count). The normalized spacial score (nSPS) is 11.1. The molecule has 0 aliphatic heterocycles. The standard InChI is InChI=1S/C17H13BrF2N2O/c1-8-14-15(18)12(20)6-10(7-13(21)23)17(14)22-16(8)9-2-4-11(19)5-3-9/h2-6,22H,7H2,1H3,(H2,21,23). The molecule has 0 fully saturated rings. The van der Waals surface area contributed by atoms with Gasteiger partial charge in [0, 0.05) is 11.1 Å². The van der Waals surface area contributed by atoms with E-state index in [1.165, 1.54) is 18.2 Å². The topological polar surface area (TPSA) is 58.9 Å². The minimum absolute atomic E-state index is 0.0660. The van der Waals surface area contributed by atoms with Crippen molar-refractivity contribution in [3.05, 3.63) is 57.6 Å². The molecule has 1 amide bonds. The first-order valence-electron chi connectivity index (χ1n) is 6.92. The fraction of sp³-hybridized carbons (Fsp3) is 0.118. The third kappa shape index (κ3) is 2.74. The maximum Gasteiger partial charge on any atom is 0.221 e. The molecule has 118 valence electrons. The predicted octanol–water partition coefficient (Wildman–Crippen LogP) is 4.21. The molecule has 0 bridgehead atoms. The average Bonchev–Trinajstić information content (AvgIpc) is 2.83. The number of hydrogen-bond donors (Lipinski definition) is 2. The Morgan fingerprint density at radius 2 is 1.91 bits per heavy atom. The number of rotatable bonds is 3. The van der Waals surface area contributed by atoms with Gasteiger partial charge in [-0.2, -0.15) is 0 Å². The van der Waals surface area contributed by atoms with Crippen molar-refractivity contribution in [1.29, 1.82) is 0 Å². The van der Waals surface area contributed by atoms with E-state index in [-0.39, 0.29) is 12.2 Å². The van der Waals surface area contributed by atoms with E-state index >= 15 is 0 Å². The average molecular weight is 379 g/mol. The van der Waals surface area contributed by atoms with Crippen molar-refractivity contribution in [2.45, 2.75) is 13.3 Å². The van der Waals surface area contributed by atoms with Gasteiger partial charge in [0.2, 0.25) is 5.91 Å². The summed E-state index contributed by atoms with van der Waals surface area (Å²) in [5.74, 6) is -1.32. The zero-order valence-electron chi connectivity index (χ0n) is 12.2. The van der Waals surface area contributed by atoms with Crippen molar-refractivity contribution < 1.29 is 13.6 Å². The van der Waals surface area contributed by atoms with Gasteiger partial charge < -0.3 is 10.7 Å². The van der Waals surface area contributed by atoms with Crippen LogP contribution >= 0.6 is 15.9 Å². The summed E-state index contributed by atoms with van der Waals surface area (Å²) in [6, 6.07) is 7.30. The van der Waals surface area contributed by atoms with Crippen molar-refractivity contribution in [2.75, 3.05) is 0 Å². The van der Waals surface area contributed by atoms with E-state index in [4.69, 9.17) is 5.73 Å². The Labute approximate surface area is 139 Å². The second-order valence-corrected chi connectivity index (χ2v) is 6.15. The highest BCUT2D eigenvalue weighted by atomic mass is 79.9. The molecule has 0 atom stereocenters. The number of amides is 1. The van der Waals surface area contributed by atoms with Gasteiger partial charge in [0.25, 0.3) is 0 Å². The molecule has 0 spiro atoms. The van der Waals surface area contributed by atoms with E-state index in [1.807, 2.05) is 6.92 Å². The van der Waals surface area contributed by atoms with Crippen LogP contribution in [0.25, 0.3) is 22.2 Å². The largest absolute Gasteiger partial charge is 0.369 e. The lowest BCUT2D eigenvalue weighted by Crippen LogP contribution is -2.14. The summed E-state index contributed by atoms with van der Waals surface area (Å²) in [4.78, 5) is 14.5. The van der Waals surface area contributed by atoms with E-state index in [9.17, 15) is 13.6 Å². The highest BCUT2D eigenvalue weighted by Crippen LogP contribution is 2.37. The van der Waals surface area contributed by atoms with Gasteiger partial charge in [-0.15, -0.1) is 0 Å². The summed E-state index contributed by atoms with van der Waals surface area (Å²) >= 11 is 3.26. The SMILES string of the molecule is Cc1c(-c2ccc(F)cc2)[nH]c2c(CC(N)=O)cc(F)c(Br)c12. The molecule has 1 aromatic heterocycles. The number of benzene rings is 2. The molecule has 3 aromatic rings. The van der Waals surface area contributed by atoms with Gasteiger partial charge in [-0.1, -0.05) is 0 Å². The van der Waals surface area contributed by atoms with Crippen LogP contribution in [-0.4, -0.2) is 10.9 Å². The van der Waals surface area contributed by atoms with Gasteiger partial charge in [0.1, 0.15) is 11.6 Å². The Balaban J connectivity index is 2.30. The number of fused-ring (bicyclic) bond motifs is 1. The lowest BCUT2D eigenvalue weighted by molar-refractivity contribution is -0.117. The highest BCUT2D eigenvalue weighted by molar-refractivity contribution is 9.10. The molecule has 0 saturated carbocycles. The van der Waals surface area contributed by atoms with Crippen LogP contribution in [0, 0.1) is 18.6 Å². The van der Waals surface area contributed by atoms with E-state index in [0.29, 0.717) is 20.9 Å². The third-order valence-electron chi connectivity index (χ3n) is 3.80. The molecular formula is C17H13BrF2N2O. The Hall–Kier alpha value is -2.21. The Morgan fingerprint density at radius 1 is 1.26 bits per heavy atom. The predicted molar refractivity (Wildman–Crippen MR) is 89.0 cm³/mol. The number of H-pyrrole nitrogens is 1. The number of carbonyl (C=O) groups excluding carboxylic acids is 1. The molecule has 0 radical (unpaired) electrons. The third-order valence-corrected chi connectivity index (χ3v) is 4.57. The lowest BCUT2D eigenvalue weighted by Gasteiger charge is -2.04. The number of nitrogens with two attached hydrogens (primary N) is 1. The molecule has 23 heavy (non-hydrogen) atoms.